The molecular formula is C27H35N5O7. The molecule has 0 bridgehead atoms. The SMILES string of the molecule is COc1ccc(N2C(=O)N(C(=O)[C@@H]3CC[C@@H]4CCCC[C@H](NC(=O)OC(C)(C)C)C(=O)N43)C3(CC3)C2=O)cn1. The highest BCUT2D eigenvalue weighted by molar-refractivity contribution is 6.29. The van der Waals surface area contributed by atoms with E-state index >= 15 is 0 Å². The largest absolute Gasteiger partial charge is 0.481 e. The molecule has 39 heavy (non-hydrogen) atoms. The van der Waals surface area contributed by atoms with Crippen molar-refractivity contribution in [3.05, 3.63) is 18.3 Å². The molecule has 12 nitrogen and oxygen atoms in total. The monoisotopic (exact) mass is 541 g/mol. The summed E-state index contributed by atoms with van der Waals surface area (Å²) in [7, 11) is 1.46. The highest BCUT2D eigenvalue weighted by Crippen LogP contribution is 2.50. The van der Waals surface area contributed by atoms with Crippen molar-refractivity contribution in [2.75, 3.05) is 12.0 Å². The maximum absolute atomic E-state index is 14.0. The van der Waals surface area contributed by atoms with Gasteiger partial charge in [0.05, 0.1) is 19.0 Å². The van der Waals surface area contributed by atoms with E-state index in [1.807, 2.05) is 0 Å². The van der Waals surface area contributed by atoms with Gasteiger partial charge in [0.1, 0.15) is 23.2 Å². The fraction of sp³-hybridized carbons (Fsp3) is 0.630. The van der Waals surface area contributed by atoms with Crippen molar-refractivity contribution < 1.29 is 33.4 Å². The number of anilines is 1. The Hall–Kier alpha value is -3.70. The molecule has 12 heteroatoms. The minimum Gasteiger partial charge on any atom is -0.481 e. The quantitative estimate of drug-likeness (QED) is 0.574. The van der Waals surface area contributed by atoms with Crippen molar-refractivity contribution in [3.8, 4) is 5.88 Å². The fourth-order valence-corrected chi connectivity index (χ4v) is 5.89. The van der Waals surface area contributed by atoms with Gasteiger partial charge in [0, 0.05) is 12.1 Å². The lowest BCUT2D eigenvalue weighted by Crippen LogP contribution is -2.58. The first kappa shape index (κ1) is 26.9. The van der Waals surface area contributed by atoms with Crippen molar-refractivity contribution >= 4 is 35.5 Å². The van der Waals surface area contributed by atoms with Crippen LogP contribution in [0.5, 0.6) is 5.88 Å². The van der Waals surface area contributed by atoms with Crippen LogP contribution >= 0.6 is 0 Å². The molecule has 3 atom stereocenters. The van der Waals surface area contributed by atoms with E-state index in [0.717, 1.165) is 29.1 Å². The summed E-state index contributed by atoms with van der Waals surface area (Å²) >= 11 is 0. The van der Waals surface area contributed by atoms with Gasteiger partial charge in [-0.15, -0.1) is 0 Å². The summed E-state index contributed by atoms with van der Waals surface area (Å²) in [5, 5.41) is 2.69. The van der Waals surface area contributed by atoms with E-state index in [9.17, 15) is 24.0 Å². The second kappa shape index (κ2) is 9.80. The number of aromatic nitrogens is 1. The molecule has 6 amide bonds. The zero-order chi connectivity index (χ0) is 28.1. The Morgan fingerprint density at radius 2 is 1.77 bits per heavy atom. The van der Waals surface area contributed by atoms with Crippen LogP contribution in [-0.2, 0) is 19.1 Å². The maximum atomic E-state index is 14.0. The van der Waals surface area contributed by atoms with E-state index in [2.05, 4.69) is 10.3 Å². The van der Waals surface area contributed by atoms with Gasteiger partial charge in [-0.25, -0.2) is 24.4 Å². The normalized spacial score (nSPS) is 26.3. The molecule has 1 aliphatic carbocycles. The summed E-state index contributed by atoms with van der Waals surface area (Å²) in [5.41, 5.74) is -1.71. The zero-order valence-corrected chi connectivity index (χ0v) is 22.8. The standard InChI is InChI=1S/C27H35N5O7/c1-26(2,3)39-24(36)29-18-8-6-5-7-16-9-11-19(30(16)21(18)33)22(34)32-25(37)31(23(35)27(32)13-14-27)17-10-12-20(38-4)28-15-17/h10,12,15-16,18-19H,5-9,11,13-14H2,1-4H3,(H,29,36)/t16-,18-,19-/m0/s1. The number of ether oxygens (including phenoxy) is 2. The molecule has 5 rings (SSSR count). The highest BCUT2D eigenvalue weighted by Gasteiger charge is 2.68. The van der Waals surface area contributed by atoms with E-state index < -0.39 is 47.2 Å². The summed E-state index contributed by atoms with van der Waals surface area (Å²) < 4.78 is 10.4. The van der Waals surface area contributed by atoms with Gasteiger partial charge in [0.2, 0.25) is 11.8 Å². The van der Waals surface area contributed by atoms with Crippen LogP contribution in [0.1, 0.15) is 72.1 Å². The number of methoxy groups -OCH3 is 1. The Kier molecular flexibility index (Phi) is 6.76. The number of fused-ring (bicyclic) bond motifs is 1. The molecule has 0 unspecified atom stereocenters. The number of alkyl carbamates (subject to hydrolysis) is 1. The second-order valence-corrected chi connectivity index (χ2v) is 11.7. The molecule has 1 aromatic rings. The third kappa shape index (κ3) is 4.80. The summed E-state index contributed by atoms with van der Waals surface area (Å²) in [6, 6.07) is 0.431. The summed E-state index contributed by atoms with van der Waals surface area (Å²) in [5.74, 6) is -1.05. The fourth-order valence-electron chi connectivity index (χ4n) is 5.89. The van der Waals surface area contributed by atoms with E-state index in [4.69, 9.17) is 9.47 Å². The van der Waals surface area contributed by atoms with Crippen molar-refractivity contribution in [1.82, 2.24) is 20.1 Å². The molecule has 0 radical (unpaired) electrons. The van der Waals surface area contributed by atoms with Crippen molar-refractivity contribution in [2.24, 2.45) is 0 Å². The number of hydrogen-bond donors (Lipinski definition) is 1. The molecule has 1 spiro atoms. The first-order chi connectivity index (χ1) is 18.5. The van der Waals surface area contributed by atoms with Gasteiger partial charge < -0.3 is 19.7 Å². The molecule has 4 heterocycles. The molecule has 0 aromatic carbocycles. The van der Waals surface area contributed by atoms with Crippen LogP contribution in [0.2, 0.25) is 0 Å². The van der Waals surface area contributed by atoms with E-state index in [-0.39, 0.29) is 17.6 Å². The third-order valence-electron chi connectivity index (χ3n) is 7.86. The summed E-state index contributed by atoms with van der Waals surface area (Å²) in [6.45, 7) is 5.22. The van der Waals surface area contributed by atoms with Crippen LogP contribution < -0.4 is 15.0 Å². The number of imide groups is 2. The first-order valence-electron chi connectivity index (χ1n) is 13.5. The summed E-state index contributed by atoms with van der Waals surface area (Å²) in [6.07, 6.45) is 5.14. The third-order valence-corrected chi connectivity index (χ3v) is 7.86. The zero-order valence-electron chi connectivity index (χ0n) is 22.8. The Morgan fingerprint density at radius 1 is 1.05 bits per heavy atom. The van der Waals surface area contributed by atoms with Gasteiger partial charge in [-0.05, 0) is 65.4 Å². The Labute approximate surface area is 227 Å². The molecule has 1 saturated carbocycles. The number of carbonyl (C=O) groups excluding carboxylic acids is 5. The van der Waals surface area contributed by atoms with Crippen molar-refractivity contribution in [1.29, 1.82) is 0 Å². The molecule has 210 valence electrons. The predicted molar refractivity (Wildman–Crippen MR) is 138 cm³/mol. The van der Waals surface area contributed by atoms with Crippen LogP contribution in [0, 0.1) is 0 Å². The van der Waals surface area contributed by atoms with Crippen LogP contribution in [-0.4, -0.2) is 81.0 Å². The second-order valence-electron chi connectivity index (χ2n) is 11.7. The summed E-state index contributed by atoms with van der Waals surface area (Å²) in [4.78, 5) is 75.0. The van der Waals surface area contributed by atoms with E-state index in [1.54, 1.807) is 31.7 Å². The lowest BCUT2D eigenvalue weighted by Gasteiger charge is -2.36. The van der Waals surface area contributed by atoms with E-state index in [1.165, 1.54) is 19.4 Å². The number of carbonyl (C=O) groups is 5. The molecule has 3 aliphatic heterocycles. The average molecular weight is 542 g/mol. The number of pyridine rings is 1. The Bertz CT molecular complexity index is 1190. The van der Waals surface area contributed by atoms with Gasteiger partial charge >= 0.3 is 12.1 Å². The average Bonchev–Trinajstić information content (AvgIpc) is 3.50. The lowest BCUT2D eigenvalue weighted by atomic mass is 9.99. The van der Waals surface area contributed by atoms with Gasteiger partial charge in [0.15, 0.2) is 0 Å². The van der Waals surface area contributed by atoms with Gasteiger partial charge in [-0.1, -0.05) is 12.8 Å². The number of amides is 6. The number of urea groups is 1. The van der Waals surface area contributed by atoms with Gasteiger partial charge in [-0.3, -0.25) is 14.4 Å². The topological polar surface area (TPSA) is 138 Å². The number of nitrogens with zero attached hydrogens (tertiary/aromatic N) is 4. The number of nitrogens with one attached hydrogen (secondary N) is 1. The lowest BCUT2D eigenvalue weighted by molar-refractivity contribution is -0.147. The first-order valence-corrected chi connectivity index (χ1v) is 13.5. The maximum Gasteiger partial charge on any atom is 0.408 e. The number of hydrogen-bond acceptors (Lipinski definition) is 8. The molecule has 4 fully saturated rings. The smallest absolute Gasteiger partial charge is 0.408 e. The molecule has 3 saturated heterocycles. The highest BCUT2D eigenvalue weighted by atomic mass is 16.6. The Morgan fingerprint density at radius 3 is 2.38 bits per heavy atom. The molecule has 4 aliphatic rings. The van der Waals surface area contributed by atoms with Crippen molar-refractivity contribution in [2.45, 2.75) is 101 Å². The molecular weight excluding hydrogens is 506 g/mol. The molecule has 1 N–H and O–H groups in total. The van der Waals surface area contributed by atoms with Crippen LogP contribution in [0.3, 0.4) is 0 Å². The molecule has 1 aromatic heterocycles. The predicted octanol–water partition coefficient (Wildman–Crippen LogP) is 2.74. The van der Waals surface area contributed by atoms with Crippen LogP contribution in [0.25, 0.3) is 0 Å². The number of rotatable bonds is 4. The van der Waals surface area contributed by atoms with Crippen LogP contribution in [0.4, 0.5) is 15.3 Å². The van der Waals surface area contributed by atoms with E-state index in [0.29, 0.717) is 38.0 Å². The Balaban J connectivity index is 1.39. The van der Waals surface area contributed by atoms with Crippen molar-refractivity contribution in [3.63, 3.8) is 0 Å². The van der Waals surface area contributed by atoms with Gasteiger partial charge in [0.25, 0.3) is 11.8 Å². The minimum atomic E-state index is -1.23. The van der Waals surface area contributed by atoms with Crippen LogP contribution in [0.15, 0.2) is 18.3 Å². The minimum absolute atomic E-state index is 0.180. The van der Waals surface area contributed by atoms with Gasteiger partial charge in [-0.2, -0.15) is 0 Å².